The zero-order valence-electron chi connectivity index (χ0n) is 15.6. The minimum Gasteiger partial charge on any atom is -0.396 e. The van der Waals surface area contributed by atoms with Crippen molar-refractivity contribution in [2.45, 2.75) is 31.8 Å². The molecule has 2 aromatic rings. The lowest BCUT2D eigenvalue weighted by atomic mass is 9.73. The molecule has 2 atom stereocenters. The van der Waals surface area contributed by atoms with Gasteiger partial charge in [0.1, 0.15) is 0 Å². The molecule has 1 fully saturated rings. The number of carbonyl (C=O) groups excluding carboxylic acids is 1. The van der Waals surface area contributed by atoms with E-state index in [0.717, 1.165) is 18.4 Å². The smallest absolute Gasteiger partial charge is 0.226 e. The average Bonchev–Trinajstić information content (AvgIpc) is 3.14. The summed E-state index contributed by atoms with van der Waals surface area (Å²) in [5, 5.41) is 20.9. The second-order valence-electron chi connectivity index (χ2n) is 8.12. The molecule has 0 bridgehead atoms. The van der Waals surface area contributed by atoms with Crippen LogP contribution in [0.2, 0.25) is 0 Å². The maximum Gasteiger partial charge on any atom is 0.226 e. The maximum absolute atomic E-state index is 13.2. The number of fused-ring (bicyclic) bond motifs is 1. The molecule has 4 nitrogen and oxygen atoms in total. The van der Waals surface area contributed by atoms with Gasteiger partial charge >= 0.3 is 0 Å². The number of hydrogen-bond acceptors (Lipinski definition) is 3. The summed E-state index contributed by atoms with van der Waals surface area (Å²) in [6.07, 6.45) is 2.06. The van der Waals surface area contributed by atoms with E-state index in [9.17, 15) is 15.0 Å². The highest BCUT2D eigenvalue weighted by molar-refractivity contribution is 5.80. The van der Waals surface area contributed by atoms with Gasteiger partial charge in [-0.15, -0.1) is 0 Å². The van der Waals surface area contributed by atoms with E-state index in [1.54, 1.807) is 0 Å². The molecule has 2 N–H and O–H groups in total. The van der Waals surface area contributed by atoms with Crippen molar-refractivity contribution < 1.29 is 15.0 Å². The Kier molecular flexibility index (Phi) is 5.02. The minimum absolute atomic E-state index is 0.0224. The molecule has 27 heavy (non-hydrogen) atoms. The van der Waals surface area contributed by atoms with Crippen LogP contribution in [0.1, 0.15) is 23.1 Å². The summed E-state index contributed by atoms with van der Waals surface area (Å²) in [5.74, 6) is 0.134. The van der Waals surface area contributed by atoms with Gasteiger partial charge in [-0.3, -0.25) is 4.79 Å². The number of rotatable bonds is 4. The summed E-state index contributed by atoms with van der Waals surface area (Å²) in [4.78, 5) is 15.1. The first-order valence-corrected chi connectivity index (χ1v) is 9.80. The number of carbonyl (C=O) groups is 1. The number of hydrogen-bond donors (Lipinski definition) is 2. The largest absolute Gasteiger partial charge is 0.396 e. The average molecular weight is 365 g/mol. The molecule has 0 unspecified atom stereocenters. The standard InChI is InChI=1S/C23H27NO3/c25-16-23(14-17-6-2-1-3-7-17)15-24(11-10-21(23)26)22(27)20-12-18-8-4-5-9-19(18)13-20/h1-9,20-21,25-26H,10-16H2/t21-,23+/m0/s1. The van der Waals surface area contributed by atoms with Gasteiger partial charge in [0.15, 0.2) is 0 Å². The number of benzene rings is 2. The van der Waals surface area contributed by atoms with E-state index in [4.69, 9.17) is 0 Å². The monoisotopic (exact) mass is 365 g/mol. The summed E-state index contributed by atoms with van der Waals surface area (Å²) in [5.41, 5.74) is 2.92. The van der Waals surface area contributed by atoms with Gasteiger partial charge in [-0.2, -0.15) is 0 Å². The first kappa shape index (κ1) is 18.2. The van der Waals surface area contributed by atoms with Crippen molar-refractivity contribution in [2.75, 3.05) is 19.7 Å². The van der Waals surface area contributed by atoms with Crippen LogP contribution in [0, 0.1) is 11.3 Å². The lowest BCUT2D eigenvalue weighted by Gasteiger charge is -2.46. The molecular formula is C23H27NO3. The number of likely N-dealkylation sites (tertiary alicyclic amines) is 1. The second kappa shape index (κ2) is 7.45. The highest BCUT2D eigenvalue weighted by Crippen LogP contribution is 2.36. The lowest BCUT2D eigenvalue weighted by molar-refractivity contribution is -0.145. The number of piperidine rings is 1. The van der Waals surface area contributed by atoms with E-state index >= 15 is 0 Å². The predicted molar refractivity (Wildman–Crippen MR) is 104 cm³/mol. The number of amides is 1. The number of nitrogens with zero attached hydrogens (tertiary/aromatic N) is 1. The quantitative estimate of drug-likeness (QED) is 0.873. The summed E-state index contributed by atoms with van der Waals surface area (Å²) in [7, 11) is 0. The van der Waals surface area contributed by atoms with Crippen LogP contribution in [-0.2, 0) is 24.1 Å². The van der Waals surface area contributed by atoms with Gasteiger partial charge in [-0.1, -0.05) is 54.6 Å². The van der Waals surface area contributed by atoms with E-state index in [1.165, 1.54) is 11.1 Å². The van der Waals surface area contributed by atoms with E-state index < -0.39 is 11.5 Å². The zero-order chi connectivity index (χ0) is 18.9. The molecule has 4 rings (SSSR count). The SMILES string of the molecule is O=C(C1Cc2ccccc2C1)N1CC[C@H](O)[C@](CO)(Cc2ccccc2)C1. The van der Waals surface area contributed by atoms with Crippen molar-refractivity contribution in [3.05, 3.63) is 71.3 Å². The van der Waals surface area contributed by atoms with Crippen LogP contribution < -0.4 is 0 Å². The van der Waals surface area contributed by atoms with Crippen molar-refractivity contribution in [1.82, 2.24) is 4.90 Å². The summed E-state index contributed by atoms with van der Waals surface area (Å²) in [6, 6.07) is 18.2. The van der Waals surface area contributed by atoms with Crippen LogP contribution in [0.3, 0.4) is 0 Å². The Bertz CT molecular complexity index is 781. The molecule has 0 spiro atoms. The van der Waals surface area contributed by atoms with E-state index in [0.29, 0.717) is 25.9 Å². The molecule has 2 aliphatic rings. The molecule has 2 aromatic carbocycles. The molecule has 0 radical (unpaired) electrons. The van der Waals surface area contributed by atoms with Crippen molar-refractivity contribution in [3.8, 4) is 0 Å². The molecule has 1 amide bonds. The fourth-order valence-electron chi connectivity index (χ4n) is 4.72. The maximum atomic E-state index is 13.2. The minimum atomic E-state index is -0.694. The van der Waals surface area contributed by atoms with Crippen molar-refractivity contribution in [3.63, 3.8) is 0 Å². The molecule has 4 heteroatoms. The van der Waals surface area contributed by atoms with Gasteiger partial charge in [0.2, 0.25) is 5.91 Å². The van der Waals surface area contributed by atoms with Gasteiger partial charge in [-0.05, 0) is 42.4 Å². The Labute approximate surface area is 160 Å². The van der Waals surface area contributed by atoms with Crippen LogP contribution in [0.5, 0.6) is 0 Å². The van der Waals surface area contributed by atoms with Gasteiger partial charge < -0.3 is 15.1 Å². The van der Waals surface area contributed by atoms with Gasteiger partial charge in [0.25, 0.3) is 0 Å². The van der Waals surface area contributed by atoms with E-state index in [2.05, 4.69) is 12.1 Å². The van der Waals surface area contributed by atoms with Crippen LogP contribution in [0.25, 0.3) is 0 Å². The fourth-order valence-corrected chi connectivity index (χ4v) is 4.72. The molecule has 0 saturated carbocycles. The van der Waals surface area contributed by atoms with Crippen LogP contribution in [0.4, 0.5) is 0 Å². The Morgan fingerprint density at radius 3 is 2.30 bits per heavy atom. The number of aliphatic hydroxyl groups is 2. The van der Waals surface area contributed by atoms with E-state index in [1.807, 2.05) is 47.4 Å². The predicted octanol–water partition coefficient (Wildman–Crippen LogP) is 2.22. The molecular weight excluding hydrogens is 338 g/mol. The second-order valence-corrected chi connectivity index (χ2v) is 8.12. The molecule has 0 aromatic heterocycles. The Morgan fingerprint density at radius 1 is 1.04 bits per heavy atom. The molecule has 1 aliphatic carbocycles. The van der Waals surface area contributed by atoms with Crippen LogP contribution >= 0.6 is 0 Å². The summed E-state index contributed by atoms with van der Waals surface area (Å²) in [6.45, 7) is 0.840. The summed E-state index contributed by atoms with van der Waals surface area (Å²) < 4.78 is 0. The van der Waals surface area contributed by atoms with Crippen molar-refractivity contribution in [2.24, 2.45) is 11.3 Å². The first-order chi connectivity index (χ1) is 13.1. The Hall–Kier alpha value is -2.17. The van der Waals surface area contributed by atoms with Gasteiger partial charge in [0.05, 0.1) is 12.7 Å². The van der Waals surface area contributed by atoms with Gasteiger partial charge in [0, 0.05) is 24.4 Å². The molecule has 1 aliphatic heterocycles. The Morgan fingerprint density at radius 2 is 1.67 bits per heavy atom. The third kappa shape index (κ3) is 3.52. The van der Waals surface area contributed by atoms with Crippen molar-refractivity contribution in [1.29, 1.82) is 0 Å². The van der Waals surface area contributed by atoms with Gasteiger partial charge in [-0.25, -0.2) is 0 Å². The zero-order valence-corrected chi connectivity index (χ0v) is 15.6. The topological polar surface area (TPSA) is 60.8 Å². The number of aliphatic hydroxyl groups excluding tert-OH is 2. The first-order valence-electron chi connectivity index (χ1n) is 9.80. The van der Waals surface area contributed by atoms with Crippen LogP contribution in [0.15, 0.2) is 54.6 Å². The fraction of sp³-hybridized carbons (Fsp3) is 0.435. The van der Waals surface area contributed by atoms with Crippen molar-refractivity contribution >= 4 is 5.91 Å². The summed E-state index contributed by atoms with van der Waals surface area (Å²) >= 11 is 0. The third-order valence-corrected chi connectivity index (χ3v) is 6.31. The molecule has 1 heterocycles. The highest BCUT2D eigenvalue weighted by atomic mass is 16.3. The van der Waals surface area contributed by atoms with Crippen LogP contribution in [-0.4, -0.2) is 46.8 Å². The molecule has 1 saturated heterocycles. The normalized spacial score (nSPS) is 25.4. The van der Waals surface area contributed by atoms with E-state index in [-0.39, 0.29) is 18.4 Å². The molecule has 142 valence electrons. The third-order valence-electron chi connectivity index (χ3n) is 6.31. The highest BCUT2D eigenvalue weighted by Gasteiger charge is 2.45. The Balaban J connectivity index is 1.50. The lowest BCUT2D eigenvalue weighted by Crippen LogP contribution is -2.57.